The van der Waals surface area contributed by atoms with Crippen LogP contribution < -0.4 is 0 Å². The van der Waals surface area contributed by atoms with E-state index in [9.17, 15) is 0 Å². The number of halogens is 3. The molecule has 0 N–H and O–H groups in total. The van der Waals surface area contributed by atoms with Gasteiger partial charge in [-0.15, -0.1) is 0 Å². The molecule has 0 bridgehead atoms. The second-order valence-corrected chi connectivity index (χ2v) is 45.3. The summed E-state index contributed by atoms with van der Waals surface area (Å²) in [6.45, 7) is 2.21. The van der Waals surface area contributed by atoms with E-state index in [-0.39, 0.29) is 0 Å². The summed E-state index contributed by atoms with van der Waals surface area (Å²) >= 11 is 9.12. The van der Waals surface area contributed by atoms with Gasteiger partial charge >= 0.3 is 74.1 Å². The summed E-state index contributed by atoms with van der Waals surface area (Å²) in [5.41, 5.74) is 0. The average Bonchev–Trinajstić information content (AvgIpc) is 1.59. The van der Waals surface area contributed by atoms with Gasteiger partial charge in [-0.05, 0) is 0 Å². The molecule has 0 fully saturated rings. The third-order valence-corrected chi connectivity index (χ3v) is 9.39. The second-order valence-electron chi connectivity index (χ2n) is 1.56. The van der Waals surface area contributed by atoms with Crippen LogP contribution >= 0.6 is 38.3 Å². The molecule has 52 valence electrons. The Labute approximate surface area is 73.0 Å². The molecule has 0 aliphatic heterocycles. The summed E-state index contributed by atoms with van der Waals surface area (Å²) in [5, 5.41) is 0. The summed E-state index contributed by atoms with van der Waals surface area (Å²) in [5.74, 6) is 0. The van der Waals surface area contributed by atoms with E-state index in [1.54, 1.807) is 0 Å². The van der Waals surface area contributed by atoms with E-state index in [4.69, 9.17) is 0 Å². The fourth-order valence-electron chi connectivity index (χ4n) is 0.308. The first-order chi connectivity index (χ1) is 3.56. The quantitative estimate of drug-likeness (QED) is 0.603. The van der Waals surface area contributed by atoms with Gasteiger partial charge in [0.1, 0.15) is 0 Å². The van der Waals surface area contributed by atoms with Crippen LogP contribution in [0.15, 0.2) is 0 Å². The Morgan fingerprint density at radius 3 is 1.88 bits per heavy atom. The van der Waals surface area contributed by atoms with Gasteiger partial charge in [-0.2, -0.15) is 0 Å². The van der Waals surface area contributed by atoms with Gasteiger partial charge in [0.2, 0.25) is 0 Å². The molecule has 0 aromatic carbocycles. The Bertz CT molecular complexity index is 58.8. The van der Waals surface area contributed by atoms with Crippen LogP contribution in [0.25, 0.3) is 0 Å². The molecule has 0 aromatic rings. The molecule has 8 heavy (non-hydrogen) atoms. The minimum absolute atomic E-state index is 1.29. The zero-order valence-electron chi connectivity index (χ0n) is 4.66. The van der Waals surface area contributed by atoms with Crippen molar-refractivity contribution in [3.63, 3.8) is 0 Å². The number of unbranched alkanes of at least 4 members (excludes halogenated alkanes) is 1. The Kier molecular flexibility index (Phi) is 6.34. The first-order valence-electron chi connectivity index (χ1n) is 2.46. The molecule has 0 saturated carbocycles. The van der Waals surface area contributed by atoms with Crippen molar-refractivity contribution in [1.82, 2.24) is 0 Å². The molecule has 0 heterocycles. The SMILES string of the molecule is CCCC[Te](Br)(Br)Br. The molecule has 0 amide bonds. The van der Waals surface area contributed by atoms with Crippen LogP contribution in [-0.4, -0.2) is 11.6 Å². The maximum atomic E-state index is 3.60. The first-order valence-corrected chi connectivity index (χ1v) is 19.8. The van der Waals surface area contributed by atoms with Crippen LogP contribution in [0.2, 0.25) is 4.47 Å². The number of hydrogen-bond donors (Lipinski definition) is 0. The van der Waals surface area contributed by atoms with Crippen LogP contribution in [0, 0.1) is 0 Å². The average molecular weight is 424 g/mol. The summed E-state index contributed by atoms with van der Waals surface area (Å²) < 4.78 is 1.30. The van der Waals surface area contributed by atoms with Gasteiger partial charge in [-0.1, -0.05) is 0 Å². The van der Waals surface area contributed by atoms with Gasteiger partial charge in [0.25, 0.3) is 0 Å². The second kappa shape index (κ2) is 4.96. The molecule has 0 radical (unpaired) electrons. The Balaban J connectivity index is 3.11. The van der Waals surface area contributed by atoms with Crippen molar-refractivity contribution in [3.05, 3.63) is 0 Å². The molecule has 0 unspecified atom stereocenters. The molecule has 0 rings (SSSR count). The van der Waals surface area contributed by atoms with Gasteiger partial charge in [0.15, 0.2) is 0 Å². The van der Waals surface area contributed by atoms with Crippen molar-refractivity contribution < 1.29 is 0 Å². The van der Waals surface area contributed by atoms with Crippen molar-refractivity contribution in [2.24, 2.45) is 0 Å². The zero-order chi connectivity index (χ0) is 6.62. The van der Waals surface area contributed by atoms with Crippen LogP contribution in [0.1, 0.15) is 19.8 Å². The van der Waals surface area contributed by atoms with Gasteiger partial charge in [-0.3, -0.25) is 0 Å². The maximum absolute atomic E-state index is 3.60. The van der Waals surface area contributed by atoms with E-state index in [0.29, 0.717) is 0 Å². The molecule has 0 saturated heterocycles. The Morgan fingerprint density at radius 2 is 1.75 bits per heavy atom. The van der Waals surface area contributed by atoms with Gasteiger partial charge in [0.05, 0.1) is 0 Å². The van der Waals surface area contributed by atoms with Crippen molar-refractivity contribution in [2.75, 3.05) is 0 Å². The van der Waals surface area contributed by atoms with Crippen molar-refractivity contribution in [1.29, 1.82) is 0 Å². The molecule has 0 aliphatic carbocycles. The molecule has 0 aliphatic rings. The predicted octanol–water partition coefficient (Wildman–Crippen LogP) is 3.91. The van der Waals surface area contributed by atoms with Gasteiger partial charge in [0, 0.05) is 0 Å². The molecule has 0 spiro atoms. The van der Waals surface area contributed by atoms with E-state index in [2.05, 4.69) is 45.2 Å². The number of hydrogen-bond acceptors (Lipinski definition) is 0. The standard InChI is InChI=1S/C4H9Br3Te/c1-2-3-4-8(5,6)7/h2-4H2,1H3. The Hall–Kier alpha value is 2.23. The molecule has 0 aromatic heterocycles. The normalized spacial score (nSPS) is 14.0. The summed E-state index contributed by atoms with van der Waals surface area (Å²) in [4.78, 5) is 0. The molecule has 0 nitrogen and oxygen atoms in total. The number of rotatable bonds is 3. The predicted molar refractivity (Wildman–Crippen MR) is 52.3 cm³/mol. The molecular formula is C4H9Br3Te. The van der Waals surface area contributed by atoms with Crippen LogP contribution in [0.4, 0.5) is 0 Å². The minimum atomic E-state index is -1.69. The molecule has 4 heteroatoms. The van der Waals surface area contributed by atoms with Gasteiger partial charge in [-0.25, -0.2) is 0 Å². The third kappa shape index (κ3) is 8.23. The zero-order valence-corrected chi connectivity index (χ0v) is 11.8. The van der Waals surface area contributed by atoms with Crippen molar-refractivity contribution >= 4 is 49.8 Å². The van der Waals surface area contributed by atoms with Crippen LogP contribution in [-0.2, 0) is 0 Å². The van der Waals surface area contributed by atoms with E-state index >= 15 is 0 Å². The molecular weight excluding hydrogens is 415 g/mol. The van der Waals surface area contributed by atoms with Crippen LogP contribution in [0.5, 0.6) is 0 Å². The Morgan fingerprint density at radius 1 is 1.25 bits per heavy atom. The fraction of sp³-hybridized carbons (Fsp3) is 1.00. The van der Waals surface area contributed by atoms with E-state index in [1.807, 2.05) is 0 Å². The molecule has 0 atom stereocenters. The van der Waals surface area contributed by atoms with Crippen molar-refractivity contribution in [3.8, 4) is 0 Å². The van der Waals surface area contributed by atoms with Crippen LogP contribution in [0.3, 0.4) is 0 Å². The summed E-state index contributed by atoms with van der Waals surface area (Å²) in [6.07, 6.45) is 2.61. The van der Waals surface area contributed by atoms with Gasteiger partial charge < -0.3 is 0 Å². The summed E-state index contributed by atoms with van der Waals surface area (Å²) in [6, 6.07) is 0. The third-order valence-electron chi connectivity index (χ3n) is 0.729. The monoisotopic (exact) mass is 424 g/mol. The first kappa shape index (κ1) is 10.2. The van der Waals surface area contributed by atoms with E-state index < -0.39 is 11.6 Å². The van der Waals surface area contributed by atoms with Crippen molar-refractivity contribution in [2.45, 2.75) is 24.2 Å². The van der Waals surface area contributed by atoms with E-state index in [0.717, 1.165) is 0 Å². The fourth-order valence-corrected chi connectivity index (χ4v) is 6.67. The summed E-state index contributed by atoms with van der Waals surface area (Å²) in [7, 11) is 0. The van der Waals surface area contributed by atoms with E-state index in [1.165, 1.54) is 17.3 Å². The topological polar surface area (TPSA) is 0 Å².